The Morgan fingerprint density at radius 3 is 2.30 bits per heavy atom. The van der Waals surface area contributed by atoms with Gasteiger partial charge in [0.1, 0.15) is 0 Å². The Kier molecular flexibility index (Phi) is 4.51. The molecule has 0 bridgehead atoms. The molecular formula is C21H20O6. The molecule has 3 aromatic carbocycles. The van der Waals surface area contributed by atoms with Crippen molar-refractivity contribution in [1.82, 2.24) is 0 Å². The molecule has 0 unspecified atom stereocenters. The van der Waals surface area contributed by atoms with Crippen molar-refractivity contribution in [2.45, 2.75) is 13.2 Å². The maximum atomic E-state index is 10.0. The molecule has 4 rings (SSSR count). The molecule has 0 aromatic heterocycles. The minimum absolute atomic E-state index is 0.178. The Morgan fingerprint density at radius 2 is 1.63 bits per heavy atom. The molecule has 2 N–H and O–H groups in total. The third-order valence-corrected chi connectivity index (χ3v) is 4.83. The number of rotatable bonds is 5. The molecule has 0 spiro atoms. The maximum absolute atomic E-state index is 10.0. The molecule has 0 radical (unpaired) electrons. The second-order valence-electron chi connectivity index (χ2n) is 6.20. The van der Waals surface area contributed by atoms with E-state index < -0.39 is 0 Å². The number of ether oxygens (including phenoxy) is 4. The molecule has 1 aliphatic heterocycles. The van der Waals surface area contributed by atoms with E-state index in [0.717, 1.165) is 21.9 Å². The highest BCUT2D eigenvalue weighted by Gasteiger charge is 2.21. The zero-order chi connectivity index (χ0) is 19.0. The van der Waals surface area contributed by atoms with E-state index in [1.54, 1.807) is 14.2 Å². The molecule has 0 atom stereocenters. The van der Waals surface area contributed by atoms with E-state index in [0.29, 0.717) is 34.1 Å². The van der Waals surface area contributed by atoms with Crippen LogP contribution in [-0.2, 0) is 13.2 Å². The van der Waals surface area contributed by atoms with Crippen LogP contribution in [0.5, 0.6) is 23.0 Å². The summed E-state index contributed by atoms with van der Waals surface area (Å²) in [6.45, 7) is -0.207. The summed E-state index contributed by atoms with van der Waals surface area (Å²) in [5.74, 6) is 2.53. The lowest BCUT2D eigenvalue weighted by Crippen LogP contribution is -2.00. The Morgan fingerprint density at radius 1 is 0.889 bits per heavy atom. The molecule has 0 fully saturated rings. The van der Waals surface area contributed by atoms with Gasteiger partial charge in [-0.05, 0) is 63.4 Å². The second kappa shape index (κ2) is 6.98. The van der Waals surface area contributed by atoms with Gasteiger partial charge in [-0.3, -0.25) is 0 Å². The first-order valence-corrected chi connectivity index (χ1v) is 8.52. The summed E-state index contributed by atoms with van der Waals surface area (Å²) in [7, 11) is 3.16. The number of hydrogen-bond acceptors (Lipinski definition) is 6. The van der Waals surface area contributed by atoms with Crippen LogP contribution in [0.3, 0.4) is 0 Å². The third kappa shape index (κ3) is 2.83. The minimum atomic E-state index is -0.204. The summed E-state index contributed by atoms with van der Waals surface area (Å²) in [5, 5.41) is 21.7. The van der Waals surface area contributed by atoms with E-state index >= 15 is 0 Å². The smallest absolute Gasteiger partial charge is 0.231 e. The van der Waals surface area contributed by atoms with Crippen LogP contribution < -0.4 is 18.9 Å². The van der Waals surface area contributed by atoms with E-state index in [-0.39, 0.29) is 20.0 Å². The highest BCUT2D eigenvalue weighted by Crippen LogP contribution is 2.43. The van der Waals surface area contributed by atoms with Gasteiger partial charge in [0.2, 0.25) is 6.79 Å². The van der Waals surface area contributed by atoms with E-state index in [4.69, 9.17) is 18.9 Å². The van der Waals surface area contributed by atoms with Crippen molar-refractivity contribution in [3.8, 4) is 34.1 Å². The maximum Gasteiger partial charge on any atom is 0.231 e. The second-order valence-corrected chi connectivity index (χ2v) is 6.20. The van der Waals surface area contributed by atoms with Gasteiger partial charge in [0.05, 0.1) is 27.4 Å². The lowest BCUT2D eigenvalue weighted by molar-refractivity contribution is 0.174. The number of aliphatic hydroxyl groups is 2. The Hall–Kier alpha value is -2.96. The zero-order valence-electron chi connectivity index (χ0n) is 15.1. The zero-order valence-corrected chi connectivity index (χ0v) is 15.1. The van der Waals surface area contributed by atoms with Gasteiger partial charge in [-0.2, -0.15) is 0 Å². The van der Waals surface area contributed by atoms with Crippen LogP contribution in [0.15, 0.2) is 36.4 Å². The van der Waals surface area contributed by atoms with Crippen molar-refractivity contribution in [3.05, 3.63) is 47.5 Å². The number of methoxy groups -OCH3 is 2. The summed E-state index contributed by atoms with van der Waals surface area (Å²) in [5.41, 5.74) is 2.99. The number of benzene rings is 3. The van der Waals surface area contributed by atoms with Crippen molar-refractivity contribution in [3.63, 3.8) is 0 Å². The van der Waals surface area contributed by atoms with E-state index in [1.807, 2.05) is 36.4 Å². The number of hydrogen-bond donors (Lipinski definition) is 2. The minimum Gasteiger partial charge on any atom is -0.493 e. The Bertz CT molecular complexity index is 1010. The van der Waals surface area contributed by atoms with Crippen molar-refractivity contribution >= 4 is 10.8 Å². The third-order valence-electron chi connectivity index (χ3n) is 4.83. The van der Waals surface area contributed by atoms with Gasteiger partial charge in [-0.25, -0.2) is 0 Å². The van der Waals surface area contributed by atoms with Gasteiger partial charge >= 0.3 is 0 Å². The summed E-state index contributed by atoms with van der Waals surface area (Å²) in [6, 6.07) is 11.2. The Balaban J connectivity index is 2.05. The average Bonchev–Trinajstić information content (AvgIpc) is 3.17. The molecule has 1 heterocycles. The fourth-order valence-corrected chi connectivity index (χ4v) is 3.53. The predicted octanol–water partition coefficient (Wildman–Crippen LogP) is 3.24. The molecule has 27 heavy (non-hydrogen) atoms. The highest BCUT2D eigenvalue weighted by atomic mass is 16.7. The summed E-state index contributed by atoms with van der Waals surface area (Å²) < 4.78 is 21.8. The molecule has 3 aromatic rings. The van der Waals surface area contributed by atoms with Gasteiger partial charge in [-0.1, -0.05) is 6.07 Å². The van der Waals surface area contributed by atoms with Crippen LogP contribution in [0.4, 0.5) is 0 Å². The van der Waals surface area contributed by atoms with Crippen LogP contribution in [0.1, 0.15) is 11.1 Å². The van der Waals surface area contributed by atoms with Gasteiger partial charge in [-0.15, -0.1) is 0 Å². The molecule has 1 aliphatic rings. The molecule has 6 heteroatoms. The van der Waals surface area contributed by atoms with Crippen molar-refractivity contribution in [2.75, 3.05) is 21.0 Å². The van der Waals surface area contributed by atoms with Crippen LogP contribution in [0, 0.1) is 0 Å². The van der Waals surface area contributed by atoms with E-state index in [1.165, 1.54) is 0 Å². The first-order chi connectivity index (χ1) is 13.2. The van der Waals surface area contributed by atoms with Crippen LogP contribution in [-0.4, -0.2) is 31.2 Å². The summed E-state index contributed by atoms with van der Waals surface area (Å²) in [4.78, 5) is 0. The predicted molar refractivity (Wildman–Crippen MR) is 100 cm³/mol. The van der Waals surface area contributed by atoms with Gasteiger partial charge < -0.3 is 29.2 Å². The summed E-state index contributed by atoms with van der Waals surface area (Å²) >= 11 is 0. The monoisotopic (exact) mass is 368 g/mol. The number of fused-ring (bicyclic) bond motifs is 2. The van der Waals surface area contributed by atoms with E-state index in [2.05, 4.69) is 0 Å². The fraction of sp³-hybridized carbons (Fsp3) is 0.238. The van der Waals surface area contributed by atoms with Gasteiger partial charge in [0.25, 0.3) is 0 Å². The molecule has 0 saturated heterocycles. The largest absolute Gasteiger partial charge is 0.493 e. The molecule has 0 saturated carbocycles. The van der Waals surface area contributed by atoms with Crippen molar-refractivity contribution < 1.29 is 29.2 Å². The van der Waals surface area contributed by atoms with Crippen LogP contribution >= 0.6 is 0 Å². The van der Waals surface area contributed by atoms with Gasteiger partial charge in [0.15, 0.2) is 23.0 Å². The number of aliphatic hydroxyl groups excluding tert-OH is 2. The molecule has 0 aliphatic carbocycles. The molecule has 140 valence electrons. The van der Waals surface area contributed by atoms with Crippen LogP contribution in [0.2, 0.25) is 0 Å². The van der Waals surface area contributed by atoms with E-state index in [9.17, 15) is 10.2 Å². The SMILES string of the molecule is COc1ccc(-c2c(CO)c(CO)cc3cc4c(cc23)OCO4)cc1OC. The first-order valence-electron chi connectivity index (χ1n) is 8.52. The first kappa shape index (κ1) is 17.5. The van der Waals surface area contributed by atoms with Crippen molar-refractivity contribution in [2.24, 2.45) is 0 Å². The topological polar surface area (TPSA) is 77.4 Å². The highest BCUT2D eigenvalue weighted by molar-refractivity contribution is 6.01. The lowest BCUT2D eigenvalue weighted by atomic mass is 9.89. The Labute approximate surface area is 156 Å². The normalized spacial score (nSPS) is 12.4. The summed E-state index contributed by atoms with van der Waals surface area (Å²) in [6.07, 6.45) is 0. The molecular weight excluding hydrogens is 348 g/mol. The average molecular weight is 368 g/mol. The van der Waals surface area contributed by atoms with Crippen LogP contribution in [0.25, 0.3) is 21.9 Å². The quantitative estimate of drug-likeness (QED) is 0.720. The standard InChI is InChI=1S/C21H20O6/c1-24-17-4-3-12(6-18(17)25-2)21-15-8-20-19(26-11-27-20)7-13(15)5-14(9-22)16(21)10-23/h3-8,22-23H,9-11H2,1-2H3. The fourth-order valence-electron chi connectivity index (χ4n) is 3.53. The molecule has 0 amide bonds. The lowest BCUT2D eigenvalue weighted by Gasteiger charge is -2.18. The van der Waals surface area contributed by atoms with Crippen molar-refractivity contribution in [1.29, 1.82) is 0 Å². The van der Waals surface area contributed by atoms with Gasteiger partial charge in [0, 0.05) is 0 Å². The molecule has 6 nitrogen and oxygen atoms in total.